The summed E-state index contributed by atoms with van der Waals surface area (Å²) in [5.74, 6) is 0.288. The quantitative estimate of drug-likeness (QED) is 0.695. The first-order chi connectivity index (χ1) is 10.6. The van der Waals surface area contributed by atoms with Gasteiger partial charge in [-0.15, -0.1) is 0 Å². The summed E-state index contributed by atoms with van der Waals surface area (Å²) in [4.78, 5) is 24.9. The van der Waals surface area contributed by atoms with E-state index in [1.807, 2.05) is 13.0 Å². The summed E-state index contributed by atoms with van der Waals surface area (Å²) in [7, 11) is 1.55. The summed E-state index contributed by atoms with van der Waals surface area (Å²) < 4.78 is 10.5. The number of carbonyl (C=O) groups excluding carboxylic acids is 1. The highest BCUT2D eigenvalue weighted by Gasteiger charge is 2.16. The maximum absolute atomic E-state index is 12.5. The normalized spacial score (nSPS) is 10.6. The standard InChI is InChI=1S/C18H14O4/c1-11-3-8-14-16(9-11)22-10-15(18(14)20)17(19)12-4-6-13(21-2)7-5-12/h3-10H,1-2H3. The minimum absolute atomic E-state index is 0.0292. The molecule has 0 amide bonds. The Morgan fingerprint density at radius 3 is 2.50 bits per heavy atom. The van der Waals surface area contributed by atoms with Crippen molar-refractivity contribution >= 4 is 16.8 Å². The van der Waals surface area contributed by atoms with Crippen LogP contribution >= 0.6 is 0 Å². The van der Waals surface area contributed by atoms with Crippen LogP contribution in [0.4, 0.5) is 0 Å². The molecule has 0 bridgehead atoms. The number of methoxy groups -OCH3 is 1. The summed E-state index contributed by atoms with van der Waals surface area (Å²) in [6.45, 7) is 1.91. The summed E-state index contributed by atoms with van der Waals surface area (Å²) >= 11 is 0. The lowest BCUT2D eigenvalue weighted by molar-refractivity contribution is 0.103. The number of ether oxygens (including phenoxy) is 1. The molecule has 0 N–H and O–H groups in total. The van der Waals surface area contributed by atoms with Crippen molar-refractivity contribution in [3.63, 3.8) is 0 Å². The Kier molecular flexibility index (Phi) is 3.51. The highest BCUT2D eigenvalue weighted by Crippen LogP contribution is 2.17. The molecule has 110 valence electrons. The maximum atomic E-state index is 12.5. The highest BCUT2D eigenvalue weighted by molar-refractivity contribution is 6.09. The predicted octanol–water partition coefficient (Wildman–Crippen LogP) is 3.34. The predicted molar refractivity (Wildman–Crippen MR) is 83.6 cm³/mol. The van der Waals surface area contributed by atoms with Gasteiger partial charge >= 0.3 is 0 Å². The zero-order valence-corrected chi connectivity index (χ0v) is 12.3. The first-order valence-corrected chi connectivity index (χ1v) is 6.81. The van der Waals surface area contributed by atoms with Gasteiger partial charge in [0.05, 0.1) is 12.5 Å². The van der Waals surface area contributed by atoms with Crippen molar-refractivity contribution in [3.8, 4) is 5.75 Å². The van der Waals surface area contributed by atoms with E-state index in [1.165, 1.54) is 6.26 Å². The van der Waals surface area contributed by atoms with E-state index in [0.717, 1.165) is 5.56 Å². The van der Waals surface area contributed by atoms with Crippen LogP contribution in [0.3, 0.4) is 0 Å². The van der Waals surface area contributed by atoms with E-state index in [1.54, 1.807) is 43.5 Å². The number of hydrogen-bond acceptors (Lipinski definition) is 4. The number of carbonyl (C=O) groups is 1. The van der Waals surface area contributed by atoms with Crippen LogP contribution in [0.15, 0.2) is 57.9 Å². The molecule has 3 rings (SSSR count). The lowest BCUT2D eigenvalue weighted by Gasteiger charge is -2.04. The third kappa shape index (κ3) is 2.39. The van der Waals surface area contributed by atoms with Crippen molar-refractivity contribution in [2.45, 2.75) is 6.92 Å². The van der Waals surface area contributed by atoms with Gasteiger partial charge in [0.1, 0.15) is 23.2 Å². The molecule has 0 saturated heterocycles. The third-order valence-corrected chi connectivity index (χ3v) is 3.53. The van der Waals surface area contributed by atoms with Gasteiger partial charge in [0, 0.05) is 5.56 Å². The average molecular weight is 294 g/mol. The fraction of sp³-hybridized carbons (Fsp3) is 0.111. The molecule has 1 heterocycles. The first kappa shape index (κ1) is 14.1. The number of ketones is 1. The van der Waals surface area contributed by atoms with E-state index in [0.29, 0.717) is 22.3 Å². The number of hydrogen-bond donors (Lipinski definition) is 0. The smallest absolute Gasteiger partial charge is 0.203 e. The minimum Gasteiger partial charge on any atom is -0.497 e. The second kappa shape index (κ2) is 5.48. The zero-order valence-electron chi connectivity index (χ0n) is 12.3. The Morgan fingerprint density at radius 2 is 1.82 bits per heavy atom. The van der Waals surface area contributed by atoms with Gasteiger partial charge in [0.15, 0.2) is 5.78 Å². The Hall–Kier alpha value is -2.88. The topological polar surface area (TPSA) is 56.5 Å². The van der Waals surface area contributed by atoms with Gasteiger partial charge in [-0.05, 0) is 48.9 Å². The number of benzene rings is 2. The fourth-order valence-electron chi connectivity index (χ4n) is 2.29. The Balaban J connectivity index is 2.09. The fourth-order valence-corrected chi connectivity index (χ4v) is 2.29. The Labute approximate surface area is 127 Å². The van der Waals surface area contributed by atoms with Gasteiger partial charge in [0.2, 0.25) is 5.43 Å². The molecule has 1 aromatic heterocycles. The molecule has 22 heavy (non-hydrogen) atoms. The van der Waals surface area contributed by atoms with Crippen LogP contribution < -0.4 is 10.2 Å². The molecule has 0 atom stereocenters. The molecular weight excluding hydrogens is 280 g/mol. The number of aryl methyl sites for hydroxylation is 1. The molecule has 4 heteroatoms. The molecule has 0 radical (unpaired) electrons. The highest BCUT2D eigenvalue weighted by atomic mass is 16.5. The van der Waals surface area contributed by atoms with Crippen molar-refractivity contribution in [1.29, 1.82) is 0 Å². The van der Waals surface area contributed by atoms with Crippen LogP contribution in [0.2, 0.25) is 0 Å². The molecule has 0 saturated carbocycles. The summed E-state index contributed by atoms with van der Waals surface area (Å²) in [5.41, 5.74) is 1.60. The molecule has 3 aromatic rings. The van der Waals surface area contributed by atoms with Crippen molar-refractivity contribution in [2.75, 3.05) is 7.11 Å². The van der Waals surface area contributed by atoms with E-state index in [2.05, 4.69) is 0 Å². The minimum atomic E-state index is -0.362. The van der Waals surface area contributed by atoms with Gasteiger partial charge in [-0.3, -0.25) is 9.59 Å². The van der Waals surface area contributed by atoms with Crippen molar-refractivity contribution in [2.24, 2.45) is 0 Å². The second-order valence-electron chi connectivity index (χ2n) is 5.04. The molecule has 0 aliphatic carbocycles. The SMILES string of the molecule is COc1ccc(C(=O)c2coc3cc(C)ccc3c2=O)cc1. The van der Waals surface area contributed by atoms with Crippen molar-refractivity contribution in [3.05, 3.63) is 75.6 Å². The van der Waals surface area contributed by atoms with E-state index < -0.39 is 0 Å². The summed E-state index contributed by atoms with van der Waals surface area (Å²) in [5, 5.41) is 0.407. The van der Waals surface area contributed by atoms with Crippen LogP contribution in [0.25, 0.3) is 11.0 Å². The van der Waals surface area contributed by atoms with Crippen molar-refractivity contribution in [1.82, 2.24) is 0 Å². The van der Waals surface area contributed by atoms with E-state index in [9.17, 15) is 9.59 Å². The van der Waals surface area contributed by atoms with Crippen LogP contribution in [0, 0.1) is 6.92 Å². The summed E-state index contributed by atoms with van der Waals surface area (Å²) in [6, 6.07) is 11.9. The third-order valence-electron chi connectivity index (χ3n) is 3.53. The van der Waals surface area contributed by atoms with Crippen LogP contribution in [-0.4, -0.2) is 12.9 Å². The molecule has 0 fully saturated rings. The Bertz CT molecular complexity index is 905. The lowest BCUT2D eigenvalue weighted by atomic mass is 10.0. The molecule has 4 nitrogen and oxygen atoms in total. The van der Waals surface area contributed by atoms with Crippen LogP contribution in [0.1, 0.15) is 21.5 Å². The molecule has 0 aliphatic rings. The maximum Gasteiger partial charge on any atom is 0.203 e. The Morgan fingerprint density at radius 1 is 1.09 bits per heavy atom. The average Bonchev–Trinajstić information content (AvgIpc) is 2.54. The first-order valence-electron chi connectivity index (χ1n) is 6.81. The molecule has 2 aromatic carbocycles. The molecule has 0 unspecified atom stereocenters. The summed E-state index contributed by atoms with van der Waals surface area (Å²) in [6.07, 6.45) is 1.23. The van der Waals surface area contributed by atoms with Gasteiger partial charge in [0.25, 0.3) is 0 Å². The van der Waals surface area contributed by atoms with Gasteiger partial charge in [-0.25, -0.2) is 0 Å². The van der Waals surface area contributed by atoms with Gasteiger partial charge in [-0.2, -0.15) is 0 Å². The molecule has 0 spiro atoms. The van der Waals surface area contributed by atoms with Gasteiger partial charge in [-0.1, -0.05) is 6.07 Å². The van der Waals surface area contributed by atoms with Crippen LogP contribution in [-0.2, 0) is 0 Å². The molecule has 0 aliphatic heterocycles. The van der Waals surface area contributed by atoms with Crippen LogP contribution in [0.5, 0.6) is 5.75 Å². The monoisotopic (exact) mass is 294 g/mol. The molecular formula is C18H14O4. The zero-order chi connectivity index (χ0) is 15.7. The van der Waals surface area contributed by atoms with Crippen molar-refractivity contribution < 1.29 is 13.9 Å². The largest absolute Gasteiger partial charge is 0.497 e. The number of fused-ring (bicyclic) bond motifs is 1. The number of rotatable bonds is 3. The van der Waals surface area contributed by atoms with E-state index in [4.69, 9.17) is 9.15 Å². The lowest BCUT2D eigenvalue weighted by Crippen LogP contribution is -2.15. The second-order valence-corrected chi connectivity index (χ2v) is 5.04. The van der Waals surface area contributed by atoms with Gasteiger partial charge < -0.3 is 9.15 Å². The van der Waals surface area contributed by atoms with E-state index in [-0.39, 0.29) is 16.8 Å². The van der Waals surface area contributed by atoms with E-state index >= 15 is 0 Å².